The summed E-state index contributed by atoms with van der Waals surface area (Å²) in [5, 5.41) is 8.99. The van der Waals surface area contributed by atoms with Crippen molar-refractivity contribution in [3.8, 4) is 0 Å². The van der Waals surface area contributed by atoms with Crippen LogP contribution in [-0.2, 0) is 23.9 Å². The minimum Gasteiger partial charge on any atom is -0.870 e. The van der Waals surface area contributed by atoms with Gasteiger partial charge in [0, 0.05) is 25.0 Å². The van der Waals surface area contributed by atoms with Gasteiger partial charge in [0.2, 0.25) is 0 Å². The number of hydrogen-bond acceptors (Lipinski definition) is 6. The first kappa shape index (κ1) is 49.3. The Hall–Kier alpha value is -2.32. The molecule has 4 fully saturated rings. The van der Waals surface area contributed by atoms with E-state index in [0.29, 0.717) is 89.8 Å². The van der Waals surface area contributed by atoms with Gasteiger partial charge in [-0.05, 0) is 175 Å². The van der Waals surface area contributed by atoms with Crippen LogP contribution >= 0.6 is 0 Å². The van der Waals surface area contributed by atoms with E-state index in [1.165, 1.54) is 68.6 Å². The summed E-state index contributed by atoms with van der Waals surface area (Å²) in [6, 6.07) is 0. The van der Waals surface area contributed by atoms with E-state index in [4.69, 9.17) is 9.84 Å². The Morgan fingerprint density at radius 2 is 1.14 bits per heavy atom. The van der Waals surface area contributed by atoms with Gasteiger partial charge in [-0.15, -0.1) is 0 Å². The van der Waals surface area contributed by atoms with Crippen molar-refractivity contribution < 1.29 is 64.1 Å². The Morgan fingerprint density at radius 1 is 0.712 bits per heavy atom. The SMILES string of the molecule is C.CCOC(=O)/C=C/[C@@H](C)C1CCC2C3C=CC4=CC(=O)CC[C@]4(C)C3CC[C@@]21C.C[C@H](/C=C/C(=O)O)C1CCC2C3C=CC4=CC(=O)CC[C@]4(C)C3CC[C@@]21C.[Na+].[OH-]. The van der Waals surface area contributed by atoms with Gasteiger partial charge in [0.05, 0.1) is 6.61 Å². The molecule has 0 aliphatic heterocycles. The molecule has 0 aromatic heterocycles. The quantitative estimate of drug-likeness (QED) is 0.156. The number of rotatable bonds is 7. The Balaban J connectivity index is 0.000000249. The summed E-state index contributed by atoms with van der Waals surface area (Å²) >= 11 is 0. The second-order valence-electron chi connectivity index (χ2n) is 20.2. The molecule has 7 nitrogen and oxygen atoms in total. The van der Waals surface area contributed by atoms with Gasteiger partial charge in [0.1, 0.15) is 0 Å². The van der Waals surface area contributed by atoms with Gasteiger partial charge < -0.3 is 15.3 Å². The summed E-state index contributed by atoms with van der Waals surface area (Å²) in [4.78, 5) is 46.6. The van der Waals surface area contributed by atoms with Crippen molar-refractivity contribution in [2.45, 2.75) is 133 Å². The molecule has 2 N–H and O–H groups in total. The van der Waals surface area contributed by atoms with Crippen LogP contribution < -0.4 is 29.6 Å². The van der Waals surface area contributed by atoms with E-state index in [0.717, 1.165) is 12.8 Å². The van der Waals surface area contributed by atoms with Crippen molar-refractivity contribution >= 4 is 23.5 Å². The molecule has 0 aromatic rings. The van der Waals surface area contributed by atoms with Crippen LogP contribution in [-0.4, -0.2) is 40.7 Å². The van der Waals surface area contributed by atoms with Crippen molar-refractivity contribution in [2.24, 2.45) is 80.8 Å². The van der Waals surface area contributed by atoms with Crippen LogP contribution in [0.1, 0.15) is 133 Å². The van der Waals surface area contributed by atoms with Crippen LogP contribution in [0.3, 0.4) is 0 Å². The molecule has 8 heteroatoms. The van der Waals surface area contributed by atoms with Crippen LogP contribution in [0.15, 0.2) is 71.9 Å². The molecule has 8 rings (SSSR count). The third-order valence-electron chi connectivity index (χ3n) is 17.8. The van der Waals surface area contributed by atoms with Crippen LogP contribution in [0.4, 0.5) is 0 Å². The maximum atomic E-state index is 12.0. The van der Waals surface area contributed by atoms with Gasteiger partial charge in [-0.25, -0.2) is 9.59 Å². The van der Waals surface area contributed by atoms with E-state index < -0.39 is 5.97 Å². The van der Waals surface area contributed by atoms with Gasteiger partial charge in [0.15, 0.2) is 11.6 Å². The van der Waals surface area contributed by atoms with E-state index in [-0.39, 0.29) is 70.5 Å². The van der Waals surface area contributed by atoms with Gasteiger partial charge in [-0.1, -0.05) is 85.4 Å². The third-order valence-corrected chi connectivity index (χ3v) is 17.8. The number of aliphatic carboxylic acids is 1. The standard InChI is InChI=1S/C26H36O3.C24H32O3.CH4.Na.H2O/c1-5-29-24(28)11-6-17(2)21-9-10-22-20-8-7-18-16-19(27)12-14-25(18,3)23(20)13-15-26(21,22)4;1-15(4-9-22(26)27)19-7-8-20-18-6-5-16-14-17(25)10-12-23(16,2)21(18)11-13-24(19,20)3;;;/h6-8,11,16-17,20-23H,5,9-10,12-15H2,1-4H3;4-6,9,14-15,18-21H,7-8,10-13H2,1-3H3,(H,26,27);1H4;;1H2/q;;;+1;/p-1/b11-6+;9-4+;;;/t17-,20?,21?,22?,23?,25+,26-;15-,18?,19?,20?,21?,23+,24-;;;/m11.../s1. The molecule has 0 bridgehead atoms. The van der Waals surface area contributed by atoms with Crippen LogP contribution in [0.5, 0.6) is 0 Å². The normalized spacial score (nSPS) is 41.0. The molecule has 0 amide bonds. The summed E-state index contributed by atoms with van der Waals surface area (Å²) in [5.74, 6) is 5.27. The molecule has 0 radical (unpaired) electrons. The topological polar surface area (TPSA) is 128 Å². The summed E-state index contributed by atoms with van der Waals surface area (Å²) in [6.07, 6.45) is 33.4. The molecule has 0 aromatic carbocycles. The van der Waals surface area contributed by atoms with Crippen LogP contribution in [0, 0.1) is 80.8 Å². The maximum absolute atomic E-state index is 12.0. The molecule has 59 heavy (non-hydrogen) atoms. The van der Waals surface area contributed by atoms with Crippen molar-refractivity contribution in [2.75, 3.05) is 6.61 Å². The summed E-state index contributed by atoms with van der Waals surface area (Å²) < 4.78 is 5.06. The van der Waals surface area contributed by atoms with E-state index in [2.05, 4.69) is 71.9 Å². The second-order valence-corrected chi connectivity index (χ2v) is 20.2. The first-order valence-electron chi connectivity index (χ1n) is 22.2. The number of allylic oxidation sites excluding steroid dienone is 10. The number of carbonyl (C=O) groups is 4. The number of carboxylic acids is 1. The van der Waals surface area contributed by atoms with Crippen molar-refractivity contribution in [1.82, 2.24) is 0 Å². The fourth-order valence-electron chi connectivity index (χ4n) is 14.7. The third kappa shape index (κ3) is 8.85. The van der Waals surface area contributed by atoms with Crippen LogP contribution in [0.25, 0.3) is 0 Å². The Kier molecular flexibility index (Phi) is 15.9. The molecule has 8 aliphatic carbocycles. The number of carboxylic acid groups (broad SMARTS) is 1. The second kappa shape index (κ2) is 19.0. The molecule has 4 saturated carbocycles. The van der Waals surface area contributed by atoms with Crippen molar-refractivity contribution in [3.05, 3.63) is 71.9 Å². The predicted octanol–water partition coefficient (Wildman–Crippen LogP) is 8.32. The Bertz CT molecular complexity index is 1790. The van der Waals surface area contributed by atoms with Gasteiger partial charge in [-0.3, -0.25) is 9.59 Å². The van der Waals surface area contributed by atoms with E-state index >= 15 is 0 Å². The summed E-state index contributed by atoms with van der Waals surface area (Å²) in [7, 11) is 0. The van der Waals surface area contributed by atoms with Gasteiger partial charge in [-0.2, -0.15) is 0 Å². The van der Waals surface area contributed by atoms with E-state index in [1.54, 1.807) is 6.08 Å². The smallest absolute Gasteiger partial charge is 0.870 e. The zero-order chi connectivity index (χ0) is 40.2. The van der Waals surface area contributed by atoms with Gasteiger partial charge >= 0.3 is 41.5 Å². The molecule has 320 valence electrons. The fourth-order valence-corrected chi connectivity index (χ4v) is 14.7. The Morgan fingerprint density at radius 3 is 1.54 bits per heavy atom. The summed E-state index contributed by atoms with van der Waals surface area (Å²) in [6.45, 7) is 16.5. The number of ether oxygens (including phenoxy) is 1. The minimum atomic E-state index is -0.848. The van der Waals surface area contributed by atoms with Gasteiger partial charge in [0.25, 0.3) is 0 Å². The zero-order valence-electron chi connectivity index (χ0n) is 36.7. The maximum Gasteiger partial charge on any atom is 1.00 e. The summed E-state index contributed by atoms with van der Waals surface area (Å²) in [5.41, 5.74) is 3.47. The fraction of sp³-hybridized carbons (Fsp3) is 0.686. The zero-order valence-corrected chi connectivity index (χ0v) is 38.7. The Labute approximate surface area is 377 Å². The van der Waals surface area contributed by atoms with Crippen molar-refractivity contribution in [3.63, 3.8) is 0 Å². The number of esters is 1. The number of fused-ring (bicyclic) bond motifs is 10. The molecule has 8 aliphatic rings. The minimum absolute atomic E-state index is 0. The first-order chi connectivity index (χ1) is 26.5. The van der Waals surface area contributed by atoms with E-state index in [9.17, 15) is 19.2 Å². The average molecular weight is 821 g/mol. The molecular formula is C51H73NaO7. The molecule has 14 atom stereocenters. The van der Waals surface area contributed by atoms with E-state index in [1.807, 2.05) is 25.2 Å². The molecule has 0 spiro atoms. The molecule has 8 unspecified atom stereocenters. The number of ketones is 2. The molecule has 0 heterocycles. The van der Waals surface area contributed by atoms with Crippen LogP contribution in [0.2, 0.25) is 0 Å². The predicted molar refractivity (Wildman–Crippen MR) is 230 cm³/mol. The monoisotopic (exact) mass is 821 g/mol. The first-order valence-corrected chi connectivity index (χ1v) is 22.2. The average Bonchev–Trinajstić information content (AvgIpc) is 3.71. The number of hydrogen-bond donors (Lipinski definition) is 1. The number of carbonyl (C=O) groups excluding carboxylic acids is 3. The largest absolute Gasteiger partial charge is 1.00 e. The molecular weight excluding hydrogens is 748 g/mol. The molecule has 0 saturated heterocycles. The van der Waals surface area contributed by atoms with Crippen molar-refractivity contribution in [1.29, 1.82) is 0 Å².